The van der Waals surface area contributed by atoms with Crippen LogP contribution in [0.3, 0.4) is 0 Å². The molecular formula is C14H19FN2PS+. The molecule has 1 atom stereocenters. The lowest BCUT2D eigenvalue weighted by atomic mass is 10.1. The van der Waals surface area contributed by atoms with Gasteiger partial charge in [0.15, 0.2) is 18.5 Å². The number of aryl methyl sites for hydroxylation is 4. The van der Waals surface area contributed by atoms with Crippen molar-refractivity contribution >= 4 is 29.8 Å². The third-order valence-electron chi connectivity index (χ3n) is 3.22. The molecule has 2 rings (SSSR count). The van der Waals surface area contributed by atoms with Crippen molar-refractivity contribution in [3.63, 3.8) is 0 Å². The number of nitrogens with zero attached hydrogens (tertiary/aromatic N) is 2. The maximum Gasteiger partial charge on any atom is 0.273 e. The van der Waals surface area contributed by atoms with Crippen LogP contribution in [0.25, 0.3) is 10.5 Å². The molecule has 0 amide bonds. The summed E-state index contributed by atoms with van der Waals surface area (Å²) >= 11 is 1.73. The maximum atomic E-state index is 14.6. The summed E-state index contributed by atoms with van der Waals surface area (Å²) in [5, 5.41) is 1.78. The van der Waals surface area contributed by atoms with E-state index in [0.29, 0.717) is 12.1 Å². The van der Waals surface area contributed by atoms with Gasteiger partial charge in [-0.1, -0.05) is 25.6 Å². The number of rotatable bonds is 3. The van der Waals surface area contributed by atoms with Crippen LogP contribution < -0.4 is 0 Å². The summed E-state index contributed by atoms with van der Waals surface area (Å²) in [6.45, 7) is 10.1. The van der Waals surface area contributed by atoms with Crippen LogP contribution in [0.2, 0.25) is 0 Å². The molecule has 2 heterocycles. The number of halogens is 1. The molecule has 2 aromatic heterocycles. The minimum Gasteiger partial charge on any atom is -0.254 e. The molecule has 0 fully saturated rings. The van der Waals surface area contributed by atoms with E-state index in [4.69, 9.17) is 0 Å². The lowest BCUT2D eigenvalue weighted by molar-refractivity contribution is 0.614. The second-order valence-corrected chi connectivity index (χ2v) is 8.05. The highest BCUT2D eigenvalue weighted by atomic mass is 32.2. The lowest BCUT2D eigenvalue weighted by Crippen LogP contribution is -2.00. The molecule has 0 aliphatic heterocycles. The fourth-order valence-corrected chi connectivity index (χ4v) is 5.81. The van der Waals surface area contributed by atoms with Crippen molar-refractivity contribution in [1.29, 1.82) is 0 Å². The van der Waals surface area contributed by atoms with Crippen LogP contribution in [0.4, 0.5) is 4.39 Å². The topological polar surface area (TPSA) is 25.8 Å². The van der Waals surface area contributed by atoms with Crippen molar-refractivity contribution in [2.75, 3.05) is 5.75 Å². The van der Waals surface area contributed by atoms with Gasteiger partial charge in [-0.15, -0.1) is 0 Å². The highest BCUT2D eigenvalue weighted by molar-refractivity contribution is 8.02. The molecule has 2 nitrogen and oxygen atoms in total. The first-order valence-electron chi connectivity index (χ1n) is 6.49. The zero-order valence-electron chi connectivity index (χ0n) is 12.0. The Kier molecular flexibility index (Phi) is 4.42. The molecule has 0 aromatic carbocycles. The Morgan fingerprint density at radius 1 is 1.16 bits per heavy atom. The lowest BCUT2D eigenvalue weighted by Gasteiger charge is -2.08. The van der Waals surface area contributed by atoms with Gasteiger partial charge in [-0.25, -0.2) is 9.37 Å². The summed E-state index contributed by atoms with van der Waals surface area (Å²) in [5.74, 6) is 0.862. The van der Waals surface area contributed by atoms with Gasteiger partial charge in [0.1, 0.15) is 6.66 Å². The molecule has 0 saturated heterocycles. The minimum atomic E-state index is -0.685. The fraction of sp³-hybridized carbons (Fsp3) is 0.500. The van der Waals surface area contributed by atoms with Crippen LogP contribution in [0.15, 0.2) is 4.76 Å². The van der Waals surface area contributed by atoms with Gasteiger partial charge < -0.3 is 0 Å². The maximum absolute atomic E-state index is 14.6. The highest BCUT2D eigenvalue weighted by Gasteiger charge is 2.26. The molecule has 0 bridgehead atoms. The highest BCUT2D eigenvalue weighted by Crippen LogP contribution is 2.45. The van der Waals surface area contributed by atoms with Gasteiger partial charge in [0.2, 0.25) is 0 Å². The van der Waals surface area contributed by atoms with Gasteiger partial charge >= 0.3 is 0 Å². The van der Waals surface area contributed by atoms with E-state index >= 15 is 0 Å². The van der Waals surface area contributed by atoms with Crippen LogP contribution in [-0.4, -0.2) is 15.7 Å². The van der Waals surface area contributed by atoms with Crippen molar-refractivity contribution < 1.29 is 4.39 Å². The smallest absolute Gasteiger partial charge is 0.254 e. The molecule has 1 unspecified atom stereocenters. The van der Waals surface area contributed by atoms with E-state index in [1.54, 1.807) is 11.8 Å². The zero-order valence-corrected chi connectivity index (χ0v) is 13.8. The Bertz CT molecular complexity index is 643. The summed E-state index contributed by atoms with van der Waals surface area (Å²) in [5.41, 5.74) is 2.39. The van der Waals surface area contributed by atoms with Crippen molar-refractivity contribution in [3.8, 4) is 0 Å². The van der Waals surface area contributed by atoms with E-state index in [2.05, 4.69) is 23.6 Å². The SMILES string of the molecule is CCSc1nc(C)c2c(C)nc(CC)c(F)c2[p+]1C. The predicted molar refractivity (Wildman–Crippen MR) is 82.8 cm³/mol. The summed E-state index contributed by atoms with van der Waals surface area (Å²) in [6.07, 6.45) is 0.634. The molecule has 0 N–H and O–H groups in total. The Hall–Kier alpha value is -0.730. The summed E-state index contributed by atoms with van der Waals surface area (Å²) in [7, 11) is -0.685. The van der Waals surface area contributed by atoms with Gasteiger partial charge in [-0.05, 0) is 20.3 Å². The van der Waals surface area contributed by atoms with E-state index in [9.17, 15) is 4.39 Å². The first-order valence-corrected chi connectivity index (χ1v) is 9.26. The van der Waals surface area contributed by atoms with Gasteiger partial charge in [0.05, 0.1) is 22.5 Å². The van der Waals surface area contributed by atoms with Crippen LogP contribution in [0.5, 0.6) is 0 Å². The molecule has 0 aliphatic rings. The second-order valence-electron chi connectivity index (χ2n) is 4.51. The van der Waals surface area contributed by atoms with Crippen molar-refractivity contribution in [2.45, 2.75) is 38.9 Å². The van der Waals surface area contributed by atoms with E-state index in [0.717, 1.165) is 32.4 Å². The van der Waals surface area contributed by atoms with E-state index in [-0.39, 0.29) is 5.82 Å². The van der Waals surface area contributed by atoms with Gasteiger partial charge in [-0.3, -0.25) is 4.98 Å². The van der Waals surface area contributed by atoms with Crippen LogP contribution in [0, 0.1) is 19.7 Å². The van der Waals surface area contributed by atoms with E-state index < -0.39 is 7.53 Å². The average molecular weight is 297 g/mol. The van der Waals surface area contributed by atoms with Gasteiger partial charge in [-0.2, -0.15) is 0 Å². The molecule has 102 valence electrons. The second kappa shape index (κ2) is 5.72. The Balaban J connectivity index is 2.91. The van der Waals surface area contributed by atoms with Crippen molar-refractivity contribution in [2.24, 2.45) is 6.66 Å². The van der Waals surface area contributed by atoms with Crippen molar-refractivity contribution in [1.82, 2.24) is 9.97 Å². The zero-order chi connectivity index (χ0) is 14.2. The molecule has 0 radical (unpaired) electrons. The first-order chi connectivity index (χ1) is 9.01. The molecule has 0 spiro atoms. The normalized spacial score (nSPS) is 12.2. The van der Waals surface area contributed by atoms with Crippen molar-refractivity contribution in [3.05, 3.63) is 22.9 Å². The Labute approximate surface area is 118 Å². The van der Waals surface area contributed by atoms with Gasteiger partial charge in [0.25, 0.3) is 4.76 Å². The number of fused-ring (bicyclic) bond motifs is 1. The Morgan fingerprint density at radius 2 is 1.79 bits per heavy atom. The molecule has 0 aliphatic carbocycles. The van der Waals surface area contributed by atoms with Crippen LogP contribution in [-0.2, 0) is 13.1 Å². The standard InChI is InChI=1S/C14H19FN2PS/c1-6-10-12(15)13-11(8(3)16-10)9(4)17-14(18(13)5)19-7-2/h6-7H2,1-5H3/q+1. The number of aromatic nitrogens is 2. The summed E-state index contributed by atoms with van der Waals surface area (Å²) < 4.78 is 15.7. The number of thioether (sulfide) groups is 1. The summed E-state index contributed by atoms with van der Waals surface area (Å²) in [4.78, 5) is 9.07. The minimum absolute atomic E-state index is 0.111. The van der Waals surface area contributed by atoms with Gasteiger partial charge in [0, 0.05) is 5.75 Å². The van der Waals surface area contributed by atoms with E-state index in [1.807, 2.05) is 20.8 Å². The van der Waals surface area contributed by atoms with Crippen LogP contribution in [0.1, 0.15) is 30.9 Å². The number of pyridine rings is 1. The number of hydrogen-bond donors (Lipinski definition) is 0. The Morgan fingerprint density at radius 3 is 2.37 bits per heavy atom. The fourth-order valence-electron chi connectivity index (χ4n) is 2.34. The molecule has 0 saturated carbocycles. The molecular weight excluding hydrogens is 278 g/mol. The summed E-state index contributed by atoms with van der Waals surface area (Å²) in [6, 6.07) is 0. The van der Waals surface area contributed by atoms with Crippen LogP contribution >= 0.6 is 19.3 Å². The monoisotopic (exact) mass is 297 g/mol. The van der Waals surface area contributed by atoms with E-state index in [1.165, 1.54) is 0 Å². The number of hydrogen-bond acceptors (Lipinski definition) is 3. The third kappa shape index (κ3) is 2.48. The predicted octanol–water partition coefficient (Wildman–Crippen LogP) is 4.86. The first kappa shape index (κ1) is 14.7. The third-order valence-corrected chi connectivity index (χ3v) is 6.83. The average Bonchev–Trinajstić information content (AvgIpc) is 2.37. The molecule has 19 heavy (non-hydrogen) atoms. The largest absolute Gasteiger partial charge is 0.273 e. The quantitative estimate of drug-likeness (QED) is 0.756. The molecule has 5 heteroatoms. The molecule has 2 aromatic rings.